The molecule has 25 heavy (non-hydrogen) atoms. The van der Waals surface area contributed by atoms with Crippen LogP contribution < -0.4 is 0 Å². The predicted octanol–water partition coefficient (Wildman–Crippen LogP) is 1.54. The van der Waals surface area contributed by atoms with E-state index in [0.717, 1.165) is 0 Å². The van der Waals surface area contributed by atoms with Gasteiger partial charge >= 0.3 is 0 Å². The van der Waals surface area contributed by atoms with E-state index in [1.807, 2.05) is 13.8 Å². The van der Waals surface area contributed by atoms with E-state index < -0.39 is 5.79 Å². The lowest BCUT2D eigenvalue weighted by molar-refractivity contribution is -0.181. The Kier molecular flexibility index (Phi) is 5.34. The van der Waals surface area contributed by atoms with Gasteiger partial charge in [-0.15, -0.1) is 0 Å². The van der Waals surface area contributed by atoms with Gasteiger partial charge in [0.15, 0.2) is 5.79 Å². The van der Waals surface area contributed by atoms with E-state index in [1.165, 1.54) is 0 Å². The second-order valence-electron chi connectivity index (χ2n) is 6.29. The van der Waals surface area contributed by atoms with Crippen LogP contribution in [-0.4, -0.2) is 71.8 Å². The van der Waals surface area contributed by atoms with E-state index in [-0.39, 0.29) is 11.8 Å². The van der Waals surface area contributed by atoms with Gasteiger partial charge in [-0.05, 0) is 26.0 Å². The van der Waals surface area contributed by atoms with Crippen LogP contribution in [0, 0.1) is 0 Å². The smallest absolute Gasteiger partial charge is 0.272 e. The minimum absolute atomic E-state index is 0.148. The van der Waals surface area contributed by atoms with Crippen LogP contribution >= 0.6 is 0 Å². The van der Waals surface area contributed by atoms with E-state index in [9.17, 15) is 9.59 Å². The Hall–Kier alpha value is -1.99. The molecule has 7 heteroatoms. The topological polar surface area (TPSA) is 72.0 Å². The summed E-state index contributed by atoms with van der Waals surface area (Å²) in [6.45, 7) is 7.44. The number of piperidine rings is 1. The molecule has 1 aromatic rings. The normalized spacial score (nSPS) is 19.2. The van der Waals surface area contributed by atoms with E-state index in [4.69, 9.17) is 9.47 Å². The molecule has 136 valence electrons. The number of ether oxygens (including phenoxy) is 2. The number of rotatable bonds is 4. The van der Waals surface area contributed by atoms with Crippen molar-refractivity contribution in [3.8, 4) is 0 Å². The molecule has 0 unspecified atom stereocenters. The van der Waals surface area contributed by atoms with Crippen molar-refractivity contribution < 1.29 is 19.1 Å². The number of carbonyl (C=O) groups is 2. The SMILES string of the molecule is CCN(CC)C(=O)c1cccc(C(=O)N2CCC3(CC2)OCCO3)n1. The molecular formula is C18H25N3O4. The van der Waals surface area contributed by atoms with Gasteiger partial charge in [-0.3, -0.25) is 9.59 Å². The number of hydrogen-bond donors (Lipinski definition) is 0. The molecule has 2 aliphatic heterocycles. The van der Waals surface area contributed by atoms with Crippen LogP contribution in [0.1, 0.15) is 47.7 Å². The molecule has 3 heterocycles. The number of nitrogens with zero attached hydrogens (tertiary/aromatic N) is 3. The van der Waals surface area contributed by atoms with Gasteiger partial charge < -0.3 is 19.3 Å². The fraction of sp³-hybridized carbons (Fsp3) is 0.611. The molecule has 7 nitrogen and oxygen atoms in total. The summed E-state index contributed by atoms with van der Waals surface area (Å²) in [6, 6.07) is 5.03. The van der Waals surface area contributed by atoms with E-state index >= 15 is 0 Å². The Bertz CT molecular complexity index is 629. The minimum atomic E-state index is -0.509. The molecule has 0 saturated carbocycles. The summed E-state index contributed by atoms with van der Waals surface area (Å²) >= 11 is 0. The molecule has 2 fully saturated rings. The number of likely N-dealkylation sites (tertiary alicyclic amines) is 1. The monoisotopic (exact) mass is 347 g/mol. The predicted molar refractivity (Wildman–Crippen MR) is 91.3 cm³/mol. The highest BCUT2D eigenvalue weighted by molar-refractivity contribution is 5.96. The van der Waals surface area contributed by atoms with Gasteiger partial charge in [0.2, 0.25) is 0 Å². The van der Waals surface area contributed by atoms with Crippen LogP contribution in [0.15, 0.2) is 18.2 Å². The first kappa shape index (κ1) is 17.8. The highest BCUT2D eigenvalue weighted by Crippen LogP contribution is 2.31. The van der Waals surface area contributed by atoms with E-state index in [1.54, 1.807) is 28.0 Å². The van der Waals surface area contributed by atoms with Gasteiger partial charge in [0.25, 0.3) is 11.8 Å². The van der Waals surface area contributed by atoms with Crippen LogP contribution in [0.25, 0.3) is 0 Å². The maximum absolute atomic E-state index is 12.7. The standard InChI is InChI=1S/C18H25N3O4/c1-3-20(4-2)16(22)14-6-5-7-15(19-14)17(23)21-10-8-18(9-11-21)24-12-13-25-18/h5-7H,3-4,8-13H2,1-2H3. The highest BCUT2D eigenvalue weighted by atomic mass is 16.7. The van der Waals surface area contributed by atoms with Crippen molar-refractivity contribution in [3.05, 3.63) is 29.6 Å². The number of hydrogen-bond acceptors (Lipinski definition) is 5. The summed E-state index contributed by atoms with van der Waals surface area (Å²) in [5, 5.41) is 0. The van der Waals surface area contributed by atoms with Gasteiger partial charge in [0, 0.05) is 39.0 Å². The van der Waals surface area contributed by atoms with Crippen molar-refractivity contribution in [1.29, 1.82) is 0 Å². The number of pyridine rings is 1. The van der Waals surface area contributed by atoms with Crippen molar-refractivity contribution in [1.82, 2.24) is 14.8 Å². The zero-order chi connectivity index (χ0) is 17.9. The van der Waals surface area contributed by atoms with Crippen LogP contribution in [-0.2, 0) is 9.47 Å². The van der Waals surface area contributed by atoms with Gasteiger partial charge in [-0.1, -0.05) is 6.07 Å². The quantitative estimate of drug-likeness (QED) is 0.826. The van der Waals surface area contributed by atoms with Crippen LogP contribution in [0.4, 0.5) is 0 Å². The Morgan fingerprint density at radius 2 is 1.72 bits per heavy atom. The van der Waals surface area contributed by atoms with Gasteiger partial charge in [-0.2, -0.15) is 0 Å². The maximum Gasteiger partial charge on any atom is 0.272 e. The van der Waals surface area contributed by atoms with Crippen LogP contribution in [0.2, 0.25) is 0 Å². The van der Waals surface area contributed by atoms with Gasteiger partial charge in [-0.25, -0.2) is 4.98 Å². The molecule has 0 atom stereocenters. The van der Waals surface area contributed by atoms with Crippen LogP contribution in [0.5, 0.6) is 0 Å². The Morgan fingerprint density at radius 1 is 1.12 bits per heavy atom. The second kappa shape index (κ2) is 7.49. The molecule has 2 saturated heterocycles. The van der Waals surface area contributed by atoms with Gasteiger partial charge in [0.1, 0.15) is 11.4 Å². The van der Waals surface area contributed by atoms with Crippen molar-refractivity contribution in [3.63, 3.8) is 0 Å². The number of amides is 2. The lowest BCUT2D eigenvalue weighted by Crippen LogP contribution is -2.47. The molecule has 0 N–H and O–H groups in total. The summed E-state index contributed by atoms with van der Waals surface area (Å²) in [5.41, 5.74) is 0.618. The maximum atomic E-state index is 12.7. The Labute approximate surface area is 147 Å². The summed E-state index contributed by atoms with van der Waals surface area (Å²) in [7, 11) is 0. The number of aromatic nitrogens is 1. The highest BCUT2D eigenvalue weighted by Gasteiger charge is 2.41. The largest absolute Gasteiger partial charge is 0.347 e. The lowest BCUT2D eigenvalue weighted by atomic mass is 10.0. The molecule has 0 aromatic carbocycles. The zero-order valence-electron chi connectivity index (χ0n) is 14.9. The van der Waals surface area contributed by atoms with E-state index in [0.29, 0.717) is 63.6 Å². The molecule has 0 radical (unpaired) electrons. The summed E-state index contributed by atoms with van der Waals surface area (Å²) < 4.78 is 11.4. The fourth-order valence-corrected chi connectivity index (χ4v) is 3.34. The first-order chi connectivity index (χ1) is 12.1. The summed E-state index contributed by atoms with van der Waals surface area (Å²) in [4.78, 5) is 32.9. The molecule has 0 aliphatic carbocycles. The first-order valence-electron chi connectivity index (χ1n) is 8.92. The average Bonchev–Trinajstić information content (AvgIpc) is 3.11. The molecule has 2 aliphatic rings. The van der Waals surface area contributed by atoms with E-state index in [2.05, 4.69) is 4.98 Å². The Morgan fingerprint density at radius 3 is 2.32 bits per heavy atom. The third kappa shape index (κ3) is 3.67. The Balaban J connectivity index is 1.68. The average molecular weight is 347 g/mol. The molecular weight excluding hydrogens is 322 g/mol. The van der Waals surface area contributed by atoms with Crippen LogP contribution in [0.3, 0.4) is 0 Å². The lowest BCUT2D eigenvalue weighted by Gasteiger charge is -2.37. The summed E-state index contributed by atoms with van der Waals surface area (Å²) in [5.74, 6) is -0.808. The van der Waals surface area contributed by atoms with Crippen molar-refractivity contribution in [2.45, 2.75) is 32.5 Å². The molecule has 1 spiro atoms. The molecule has 0 bridgehead atoms. The molecule has 1 aromatic heterocycles. The number of carbonyl (C=O) groups excluding carboxylic acids is 2. The summed E-state index contributed by atoms with van der Waals surface area (Å²) in [6.07, 6.45) is 1.33. The van der Waals surface area contributed by atoms with Crippen molar-refractivity contribution in [2.75, 3.05) is 39.4 Å². The second-order valence-corrected chi connectivity index (χ2v) is 6.29. The third-order valence-electron chi connectivity index (χ3n) is 4.86. The minimum Gasteiger partial charge on any atom is -0.347 e. The van der Waals surface area contributed by atoms with Crippen molar-refractivity contribution >= 4 is 11.8 Å². The van der Waals surface area contributed by atoms with Gasteiger partial charge in [0.05, 0.1) is 13.2 Å². The third-order valence-corrected chi connectivity index (χ3v) is 4.86. The van der Waals surface area contributed by atoms with Crippen molar-refractivity contribution in [2.24, 2.45) is 0 Å². The first-order valence-corrected chi connectivity index (χ1v) is 8.92. The fourth-order valence-electron chi connectivity index (χ4n) is 3.34. The molecule has 3 rings (SSSR count). The molecule has 2 amide bonds. The zero-order valence-corrected chi connectivity index (χ0v) is 14.9.